The lowest BCUT2D eigenvalue weighted by Gasteiger charge is -2.27. The van der Waals surface area contributed by atoms with Gasteiger partial charge < -0.3 is 5.73 Å². The maximum Gasteiger partial charge on any atom is 0.0946 e. The minimum Gasteiger partial charge on any atom is -0.325 e. The van der Waals surface area contributed by atoms with Gasteiger partial charge in [0, 0.05) is 23.0 Å². The van der Waals surface area contributed by atoms with Gasteiger partial charge in [0.15, 0.2) is 0 Å². The molecule has 0 saturated heterocycles. The number of aromatic nitrogens is 1. The first-order chi connectivity index (χ1) is 7.57. The Kier molecular flexibility index (Phi) is 3.65. The highest BCUT2D eigenvalue weighted by Crippen LogP contribution is 2.31. The lowest BCUT2D eigenvalue weighted by molar-refractivity contribution is 0.362. The fourth-order valence-corrected chi connectivity index (χ4v) is 3.49. The molecule has 3 heteroatoms. The van der Waals surface area contributed by atoms with E-state index >= 15 is 0 Å². The molecule has 16 heavy (non-hydrogen) atoms. The Bertz CT molecular complexity index is 347. The smallest absolute Gasteiger partial charge is 0.0946 e. The topological polar surface area (TPSA) is 38.9 Å². The molecule has 0 amide bonds. The zero-order valence-corrected chi connectivity index (χ0v) is 11.1. The van der Waals surface area contributed by atoms with Crippen LogP contribution in [0.15, 0.2) is 5.38 Å². The van der Waals surface area contributed by atoms with Crippen molar-refractivity contribution in [2.75, 3.05) is 0 Å². The van der Waals surface area contributed by atoms with E-state index in [-0.39, 0.29) is 5.54 Å². The van der Waals surface area contributed by atoms with Crippen LogP contribution in [0.2, 0.25) is 0 Å². The number of thiazole rings is 1. The molecule has 0 radical (unpaired) electrons. The van der Waals surface area contributed by atoms with Crippen molar-refractivity contribution in [3.8, 4) is 0 Å². The van der Waals surface area contributed by atoms with Crippen molar-refractivity contribution in [2.45, 2.75) is 57.9 Å². The lowest BCUT2D eigenvalue weighted by Crippen LogP contribution is -2.41. The monoisotopic (exact) mass is 238 g/mol. The highest BCUT2D eigenvalue weighted by Gasteiger charge is 2.29. The van der Waals surface area contributed by atoms with E-state index in [1.54, 1.807) is 11.3 Å². The summed E-state index contributed by atoms with van der Waals surface area (Å²) in [5, 5.41) is 3.34. The number of hydrogen-bond donors (Lipinski definition) is 1. The normalized spacial score (nSPS) is 31.3. The van der Waals surface area contributed by atoms with Crippen LogP contribution >= 0.6 is 11.3 Å². The van der Waals surface area contributed by atoms with Crippen LogP contribution in [-0.4, -0.2) is 10.5 Å². The van der Waals surface area contributed by atoms with Gasteiger partial charge in [0.2, 0.25) is 0 Å². The summed E-state index contributed by atoms with van der Waals surface area (Å²) in [5.74, 6) is 0.850. The molecule has 0 spiro atoms. The van der Waals surface area contributed by atoms with E-state index in [9.17, 15) is 0 Å². The van der Waals surface area contributed by atoms with Gasteiger partial charge in [-0.25, -0.2) is 4.98 Å². The molecule has 1 aromatic rings. The van der Waals surface area contributed by atoms with Crippen LogP contribution in [0, 0.1) is 12.8 Å². The van der Waals surface area contributed by atoms with Gasteiger partial charge in [-0.1, -0.05) is 19.8 Å². The Morgan fingerprint density at radius 1 is 1.50 bits per heavy atom. The first-order valence-electron chi connectivity index (χ1n) is 6.27. The summed E-state index contributed by atoms with van der Waals surface area (Å²) in [6.45, 7) is 4.40. The van der Waals surface area contributed by atoms with Crippen LogP contribution in [0.1, 0.15) is 49.7 Å². The van der Waals surface area contributed by atoms with Gasteiger partial charge in [0.25, 0.3) is 0 Å². The lowest BCUT2D eigenvalue weighted by atomic mass is 9.88. The zero-order valence-electron chi connectivity index (χ0n) is 10.3. The molecule has 1 saturated carbocycles. The van der Waals surface area contributed by atoms with Crippen molar-refractivity contribution in [1.29, 1.82) is 0 Å². The Labute approximate surface area is 102 Å². The third-order valence-corrected chi connectivity index (χ3v) is 4.64. The molecule has 1 aliphatic rings. The SMILES string of the molecule is Cc1csc(CC2(N)CCCC(C)CC2)n1. The Hall–Kier alpha value is -0.410. The largest absolute Gasteiger partial charge is 0.325 e. The fourth-order valence-electron chi connectivity index (χ4n) is 2.57. The molecule has 2 unspecified atom stereocenters. The molecule has 0 aromatic carbocycles. The van der Waals surface area contributed by atoms with Crippen molar-refractivity contribution >= 4 is 11.3 Å². The van der Waals surface area contributed by atoms with E-state index in [0.717, 1.165) is 30.9 Å². The van der Waals surface area contributed by atoms with Gasteiger partial charge in [-0.05, 0) is 32.1 Å². The van der Waals surface area contributed by atoms with E-state index in [4.69, 9.17) is 5.73 Å². The highest BCUT2D eigenvalue weighted by molar-refractivity contribution is 7.09. The molecule has 1 aliphatic carbocycles. The standard InChI is InChI=1S/C13H22N2S/c1-10-4-3-6-13(14,7-5-10)8-12-15-11(2)9-16-12/h9-10H,3-8,14H2,1-2H3. The van der Waals surface area contributed by atoms with Crippen molar-refractivity contribution in [1.82, 2.24) is 4.98 Å². The third kappa shape index (κ3) is 3.05. The van der Waals surface area contributed by atoms with Crippen LogP contribution in [0.5, 0.6) is 0 Å². The maximum absolute atomic E-state index is 6.53. The maximum atomic E-state index is 6.53. The predicted molar refractivity (Wildman–Crippen MR) is 69.7 cm³/mol. The van der Waals surface area contributed by atoms with E-state index in [0.29, 0.717) is 0 Å². The molecule has 1 fully saturated rings. The molecule has 0 bridgehead atoms. The quantitative estimate of drug-likeness (QED) is 0.803. The number of aryl methyl sites for hydroxylation is 1. The van der Waals surface area contributed by atoms with Crippen molar-refractivity contribution < 1.29 is 0 Å². The van der Waals surface area contributed by atoms with Crippen LogP contribution in [0.4, 0.5) is 0 Å². The molecule has 0 aliphatic heterocycles. The van der Waals surface area contributed by atoms with E-state index < -0.39 is 0 Å². The van der Waals surface area contributed by atoms with Crippen LogP contribution in [-0.2, 0) is 6.42 Å². The fraction of sp³-hybridized carbons (Fsp3) is 0.769. The van der Waals surface area contributed by atoms with E-state index in [1.807, 2.05) is 0 Å². The van der Waals surface area contributed by atoms with Gasteiger partial charge >= 0.3 is 0 Å². The second-order valence-electron chi connectivity index (χ2n) is 5.46. The van der Waals surface area contributed by atoms with Crippen molar-refractivity contribution in [3.05, 3.63) is 16.1 Å². The third-order valence-electron chi connectivity index (χ3n) is 3.68. The van der Waals surface area contributed by atoms with E-state index in [1.165, 1.54) is 24.3 Å². The summed E-state index contributed by atoms with van der Waals surface area (Å²) in [6.07, 6.45) is 7.19. The minimum atomic E-state index is 0.00898. The van der Waals surface area contributed by atoms with E-state index in [2.05, 4.69) is 24.2 Å². The molecule has 90 valence electrons. The number of nitrogens with zero attached hydrogens (tertiary/aromatic N) is 1. The van der Waals surface area contributed by atoms with Gasteiger partial charge in [0.05, 0.1) is 5.01 Å². The summed E-state index contributed by atoms with van der Waals surface area (Å²) in [4.78, 5) is 4.54. The van der Waals surface area contributed by atoms with Crippen LogP contribution < -0.4 is 5.73 Å². The Morgan fingerprint density at radius 3 is 3.00 bits per heavy atom. The Balaban J connectivity index is 2.01. The second kappa shape index (κ2) is 4.84. The van der Waals surface area contributed by atoms with Crippen molar-refractivity contribution in [3.63, 3.8) is 0 Å². The second-order valence-corrected chi connectivity index (χ2v) is 6.40. The average Bonchev–Trinajstić information content (AvgIpc) is 2.53. The van der Waals surface area contributed by atoms with Crippen LogP contribution in [0.3, 0.4) is 0 Å². The molecule has 2 atom stereocenters. The first kappa shape index (κ1) is 12.1. The van der Waals surface area contributed by atoms with Gasteiger partial charge in [0.1, 0.15) is 0 Å². The Morgan fingerprint density at radius 2 is 2.31 bits per heavy atom. The average molecular weight is 238 g/mol. The first-order valence-corrected chi connectivity index (χ1v) is 7.15. The zero-order chi connectivity index (χ0) is 11.6. The van der Waals surface area contributed by atoms with Gasteiger partial charge in [-0.3, -0.25) is 0 Å². The summed E-state index contributed by atoms with van der Waals surface area (Å²) < 4.78 is 0. The highest BCUT2D eigenvalue weighted by atomic mass is 32.1. The molecule has 1 heterocycles. The predicted octanol–water partition coefficient (Wildman–Crippen LogP) is 3.29. The molecular formula is C13H22N2S. The molecule has 2 nitrogen and oxygen atoms in total. The number of hydrogen-bond acceptors (Lipinski definition) is 3. The van der Waals surface area contributed by atoms with Crippen molar-refractivity contribution in [2.24, 2.45) is 11.7 Å². The van der Waals surface area contributed by atoms with Gasteiger partial charge in [-0.15, -0.1) is 11.3 Å². The summed E-state index contributed by atoms with van der Waals surface area (Å²) in [6, 6.07) is 0. The minimum absolute atomic E-state index is 0.00898. The molecule has 2 N–H and O–H groups in total. The van der Waals surface area contributed by atoms with Crippen LogP contribution in [0.25, 0.3) is 0 Å². The van der Waals surface area contributed by atoms with Gasteiger partial charge in [-0.2, -0.15) is 0 Å². The molecule has 2 rings (SSSR count). The summed E-state index contributed by atoms with van der Waals surface area (Å²) in [5.41, 5.74) is 7.67. The molecule has 1 aromatic heterocycles. The number of nitrogens with two attached hydrogens (primary N) is 1. The molecular weight excluding hydrogens is 216 g/mol. The summed E-state index contributed by atoms with van der Waals surface area (Å²) >= 11 is 1.76. The number of rotatable bonds is 2. The summed E-state index contributed by atoms with van der Waals surface area (Å²) in [7, 11) is 0.